The monoisotopic (exact) mass is 295 g/mol. The average Bonchev–Trinajstić information content (AvgIpc) is 2.46. The molecule has 0 saturated carbocycles. The van der Waals surface area contributed by atoms with Crippen molar-refractivity contribution in [3.05, 3.63) is 23.8 Å². The standard InChI is InChI=1S/C16H25NO4/c1-4-12(17)10-11-8-7-9-14(20-6-3)15(11)21-13(5-2)16(18)19/h7-9,12-13H,4-6,10,17H2,1-3H3,(H,18,19). The van der Waals surface area contributed by atoms with E-state index in [1.807, 2.05) is 26.0 Å². The lowest BCUT2D eigenvalue weighted by atomic mass is 10.0. The summed E-state index contributed by atoms with van der Waals surface area (Å²) in [5.41, 5.74) is 6.89. The Morgan fingerprint density at radius 1 is 1.29 bits per heavy atom. The van der Waals surface area contributed by atoms with Crippen LogP contribution in [0, 0.1) is 0 Å². The van der Waals surface area contributed by atoms with Crippen LogP contribution in [-0.2, 0) is 11.2 Å². The van der Waals surface area contributed by atoms with E-state index in [1.165, 1.54) is 0 Å². The number of benzene rings is 1. The van der Waals surface area contributed by atoms with Gasteiger partial charge >= 0.3 is 5.97 Å². The zero-order valence-electron chi connectivity index (χ0n) is 13.0. The highest BCUT2D eigenvalue weighted by molar-refractivity contribution is 5.73. The molecule has 0 spiro atoms. The Balaban J connectivity index is 3.12. The number of rotatable bonds is 9. The van der Waals surface area contributed by atoms with Gasteiger partial charge in [0.2, 0.25) is 0 Å². The van der Waals surface area contributed by atoms with Crippen molar-refractivity contribution in [3.8, 4) is 11.5 Å². The summed E-state index contributed by atoms with van der Waals surface area (Å²) < 4.78 is 11.3. The Hall–Kier alpha value is -1.75. The van der Waals surface area contributed by atoms with E-state index in [0.717, 1.165) is 12.0 Å². The van der Waals surface area contributed by atoms with Crippen molar-refractivity contribution >= 4 is 5.97 Å². The molecule has 0 aromatic heterocycles. The first-order chi connectivity index (χ1) is 10.0. The van der Waals surface area contributed by atoms with Gasteiger partial charge in [-0.25, -0.2) is 4.79 Å². The number of carbonyl (C=O) groups is 1. The Bertz CT molecular complexity index is 462. The first kappa shape index (κ1) is 17.3. The van der Waals surface area contributed by atoms with E-state index in [9.17, 15) is 9.90 Å². The molecule has 0 fully saturated rings. The predicted molar refractivity (Wildman–Crippen MR) is 81.9 cm³/mol. The van der Waals surface area contributed by atoms with Crippen molar-refractivity contribution in [2.24, 2.45) is 5.73 Å². The first-order valence-electron chi connectivity index (χ1n) is 7.43. The van der Waals surface area contributed by atoms with E-state index < -0.39 is 12.1 Å². The second-order valence-corrected chi connectivity index (χ2v) is 4.90. The molecule has 0 aliphatic rings. The molecule has 3 N–H and O–H groups in total. The maximum absolute atomic E-state index is 11.2. The summed E-state index contributed by atoms with van der Waals surface area (Å²) in [4.78, 5) is 11.2. The molecular weight excluding hydrogens is 270 g/mol. The minimum absolute atomic E-state index is 0.00845. The van der Waals surface area contributed by atoms with Crippen LogP contribution in [0.4, 0.5) is 0 Å². The molecule has 2 unspecified atom stereocenters. The summed E-state index contributed by atoms with van der Waals surface area (Å²) in [5.74, 6) is 0.0880. The third-order valence-electron chi connectivity index (χ3n) is 3.27. The first-order valence-corrected chi connectivity index (χ1v) is 7.43. The minimum atomic E-state index is -0.977. The molecular formula is C16H25NO4. The van der Waals surface area contributed by atoms with Crippen LogP contribution < -0.4 is 15.2 Å². The Morgan fingerprint density at radius 2 is 2.00 bits per heavy atom. The summed E-state index contributed by atoms with van der Waals surface area (Å²) in [6.07, 6.45) is 0.968. The number of aliphatic carboxylic acids is 1. The van der Waals surface area contributed by atoms with Gasteiger partial charge in [-0.3, -0.25) is 0 Å². The normalized spacial score (nSPS) is 13.5. The van der Waals surface area contributed by atoms with Gasteiger partial charge in [-0.15, -0.1) is 0 Å². The van der Waals surface area contributed by atoms with Gasteiger partial charge in [0.05, 0.1) is 6.61 Å². The third-order valence-corrected chi connectivity index (χ3v) is 3.27. The van der Waals surface area contributed by atoms with E-state index in [2.05, 4.69) is 0 Å². The maximum atomic E-state index is 11.2. The van der Waals surface area contributed by atoms with Crippen LogP contribution in [0.1, 0.15) is 39.2 Å². The molecule has 0 aliphatic carbocycles. The van der Waals surface area contributed by atoms with Crippen molar-refractivity contribution in [2.75, 3.05) is 6.61 Å². The molecule has 0 aliphatic heterocycles. The summed E-state index contributed by atoms with van der Waals surface area (Å²) in [6, 6.07) is 5.57. The maximum Gasteiger partial charge on any atom is 0.344 e. The molecule has 0 heterocycles. The molecule has 5 nitrogen and oxygen atoms in total. The second kappa shape index (κ2) is 8.52. The van der Waals surface area contributed by atoms with Gasteiger partial charge < -0.3 is 20.3 Å². The minimum Gasteiger partial charge on any atom is -0.490 e. The lowest BCUT2D eigenvalue weighted by molar-refractivity contribution is -0.145. The highest BCUT2D eigenvalue weighted by atomic mass is 16.5. The van der Waals surface area contributed by atoms with E-state index >= 15 is 0 Å². The SMILES string of the molecule is CCOc1cccc(CC(N)CC)c1OC(CC)C(=O)O. The van der Waals surface area contributed by atoms with Gasteiger partial charge in [0.15, 0.2) is 17.6 Å². The highest BCUT2D eigenvalue weighted by Gasteiger charge is 2.22. The average molecular weight is 295 g/mol. The molecule has 21 heavy (non-hydrogen) atoms. The van der Waals surface area contributed by atoms with Crippen molar-refractivity contribution in [1.82, 2.24) is 0 Å². The molecule has 118 valence electrons. The molecule has 0 bridgehead atoms. The Kier molecular flexibility index (Phi) is 7.02. The summed E-state index contributed by atoms with van der Waals surface area (Å²) >= 11 is 0. The molecule has 0 saturated heterocycles. The molecule has 0 radical (unpaired) electrons. The Labute approximate surface area is 126 Å². The molecule has 2 atom stereocenters. The smallest absolute Gasteiger partial charge is 0.344 e. The quantitative estimate of drug-likeness (QED) is 0.732. The molecule has 0 amide bonds. The van der Waals surface area contributed by atoms with E-state index in [-0.39, 0.29) is 6.04 Å². The van der Waals surface area contributed by atoms with Crippen LogP contribution in [0.15, 0.2) is 18.2 Å². The zero-order valence-corrected chi connectivity index (χ0v) is 13.0. The number of hydrogen-bond donors (Lipinski definition) is 2. The molecule has 1 aromatic rings. The Morgan fingerprint density at radius 3 is 2.52 bits per heavy atom. The van der Waals surface area contributed by atoms with Gasteiger partial charge in [-0.2, -0.15) is 0 Å². The fourth-order valence-electron chi connectivity index (χ4n) is 2.00. The van der Waals surface area contributed by atoms with Crippen LogP contribution in [0.3, 0.4) is 0 Å². The van der Waals surface area contributed by atoms with Crippen LogP contribution in [0.2, 0.25) is 0 Å². The summed E-state index contributed by atoms with van der Waals surface area (Å²) in [6.45, 7) is 6.16. The van der Waals surface area contributed by atoms with Crippen molar-refractivity contribution < 1.29 is 19.4 Å². The van der Waals surface area contributed by atoms with Crippen LogP contribution in [0.5, 0.6) is 11.5 Å². The van der Waals surface area contributed by atoms with Gasteiger partial charge in [0.25, 0.3) is 0 Å². The van der Waals surface area contributed by atoms with E-state index in [1.54, 1.807) is 13.0 Å². The van der Waals surface area contributed by atoms with Gasteiger partial charge in [0, 0.05) is 6.04 Å². The van der Waals surface area contributed by atoms with Crippen molar-refractivity contribution in [3.63, 3.8) is 0 Å². The number of ether oxygens (including phenoxy) is 2. The number of nitrogens with two attached hydrogens (primary N) is 1. The zero-order chi connectivity index (χ0) is 15.8. The van der Waals surface area contributed by atoms with Crippen molar-refractivity contribution in [1.29, 1.82) is 0 Å². The lowest BCUT2D eigenvalue weighted by Crippen LogP contribution is -2.27. The van der Waals surface area contributed by atoms with Crippen LogP contribution in [-0.4, -0.2) is 29.8 Å². The van der Waals surface area contributed by atoms with Gasteiger partial charge in [-0.1, -0.05) is 26.0 Å². The van der Waals surface area contributed by atoms with E-state index in [4.69, 9.17) is 15.2 Å². The highest BCUT2D eigenvalue weighted by Crippen LogP contribution is 2.33. The summed E-state index contributed by atoms with van der Waals surface area (Å²) in [5, 5.41) is 9.18. The number of carboxylic acids is 1. The molecule has 1 aromatic carbocycles. The van der Waals surface area contributed by atoms with Crippen LogP contribution in [0.25, 0.3) is 0 Å². The fourth-order valence-corrected chi connectivity index (χ4v) is 2.00. The largest absolute Gasteiger partial charge is 0.490 e. The van der Waals surface area contributed by atoms with Gasteiger partial charge in [-0.05, 0) is 37.8 Å². The number of hydrogen-bond acceptors (Lipinski definition) is 4. The topological polar surface area (TPSA) is 81.8 Å². The second-order valence-electron chi connectivity index (χ2n) is 4.90. The summed E-state index contributed by atoms with van der Waals surface area (Å²) in [7, 11) is 0. The lowest BCUT2D eigenvalue weighted by Gasteiger charge is -2.20. The van der Waals surface area contributed by atoms with Gasteiger partial charge in [0.1, 0.15) is 0 Å². The van der Waals surface area contributed by atoms with Crippen LogP contribution >= 0.6 is 0 Å². The van der Waals surface area contributed by atoms with Crippen molar-refractivity contribution in [2.45, 2.75) is 52.2 Å². The number of carboxylic acid groups (broad SMARTS) is 1. The van der Waals surface area contributed by atoms with E-state index in [0.29, 0.717) is 30.9 Å². The number of para-hydroxylation sites is 1. The molecule has 1 rings (SSSR count). The molecule has 5 heteroatoms. The third kappa shape index (κ3) is 4.93. The fraction of sp³-hybridized carbons (Fsp3) is 0.562. The predicted octanol–water partition coefficient (Wildman–Crippen LogP) is 2.61.